The van der Waals surface area contributed by atoms with Crippen LogP contribution in [0.2, 0.25) is 5.02 Å². The van der Waals surface area contributed by atoms with E-state index in [0.717, 1.165) is 23.0 Å². The number of likely N-dealkylation sites (N-methyl/N-ethyl adjacent to an activating group) is 1. The third-order valence-corrected chi connectivity index (χ3v) is 5.25. The van der Waals surface area contributed by atoms with E-state index in [2.05, 4.69) is 30.0 Å². The van der Waals surface area contributed by atoms with Crippen LogP contribution in [0.15, 0.2) is 54.6 Å². The Labute approximate surface area is 200 Å². The van der Waals surface area contributed by atoms with E-state index in [1.165, 1.54) is 0 Å². The molecule has 0 saturated carbocycles. The summed E-state index contributed by atoms with van der Waals surface area (Å²) < 4.78 is 5.62. The Morgan fingerprint density at radius 2 is 1.87 bits per heavy atom. The minimum Gasteiger partial charge on any atom is -0.489 e. The molecule has 0 amide bonds. The van der Waals surface area contributed by atoms with Gasteiger partial charge in [0.2, 0.25) is 0 Å². The molecular formula is C23H26Cl3N3O2. The molecule has 1 aromatic heterocycles. The van der Waals surface area contributed by atoms with Gasteiger partial charge in [0.15, 0.2) is 0 Å². The molecule has 1 unspecified atom stereocenters. The molecule has 0 aliphatic heterocycles. The molecule has 0 radical (unpaired) electrons. The average Bonchev–Trinajstić information content (AvgIpc) is 2.72. The van der Waals surface area contributed by atoms with E-state index in [9.17, 15) is 10.4 Å². The molecule has 0 saturated heterocycles. The Bertz CT molecular complexity index is 1030. The van der Waals surface area contributed by atoms with Crippen molar-refractivity contribution in [3.8, 4) is 11.8 Å². The maximum absolute atomic E-state index is 10.4. The fourth-order valence-corrected chi connectivity index (χ4v) is 3.37. The lowest BCUT2D eigenvalue weighted by molar-refractivity contribution is 0.0653. The summed E-state index contributed by atoms with van der Waals surface area (Å²) in [7, 11) is 1.97. The maximum Gasteiger partial charge on any atom is 0.138 e. The molecule has 3 aromatic rings. The van der Waals surface area contributed by atoms with E-state index in [1.54, 1.807) is 18.2 Å². The Kier molecular flexibility index (Phi) is 11.1. The van der Waals surface area contributed by atoms with E-state index in [1.807, 2.05) is 31.3 Å². The number of ether oxygens (including phenoxy) is 1. The highest BCUT2D eigenvalue weighted by Crippen LogP contribution is 2.25. The summed E-state index contributed by atoms with van der Waals surface area (Å²) in [6.45, 7) is 2.63. The standard InChI is InChI=1S/C23H24ClN3O2.2ClH/c1-16(12-18-11-10-17-6-3-4-8-22(17)26-18)27(2)14-19(28)15-29-23-9-5-7-21(24)20(23)13-25;;/h3-11,16,19,28H,12,14-15H2,1-2H3;2*1H/t16?,19-;;/m1../s1. The number of aliphatic hydroxyl groups is 1. The zero-order valence-corrected chi connectivity index (χ0v) is 19.8. The molecule has 1 N–H and O–H groups in total. The lowest BCUT2D eigenvalue weighted by Crippen LogP contribution is -2.39. The predicted molar refractivity (Wildman–Crippen MR) is 130 cm³/mol. The van der Waals surface area contributed by atoms with Crippen LogP contribution in [0.5, 0.6) is 5.75 Å². The lowest BCUT2D eigenvalue weighted by Gasteiger charge is -2.27. The number of para-hydroxylation sites is 1. The smallest absolute Gasteiger partial charge is 0.138 e. The van der Waals surface area contributed by atoms with Gasteiger partial charge >= 0.3 is 0 Å². The predicted octanol–water partition coefficient (Wildman–Crippen LogP) is 4.91. The van der Waals surface area contributed by atoms with Crippen LogP contribution in [0.3, 0.4) is 0 Å². The Hall–Kier alpha value is -2.07. The Morgan fingerprint density at radius 3 is 2.61 bits per heavy atom. The van der Waals surface area contributed by atoms with Crippen LogP contribution >= 0.6 is 36.4 Å². The summed E-state index contributed by atoms with van der Waals surface area (Å²) in [4.78, 5) is 6.80. The topological polar surface area (TPSA) is 69.4 Å². The van der Waals surface area contributed by atoms with Crippen molar-refractivity contribution in [2.45, 2.75) is 25.5 Å². The second-order valence-electron chi connectivity index (χ2n) is 7.18. The number of hydrogen-bond acceptors (Lipinski definition) is 5. The van der Waals surface area contributed by atoms with E-state index in [-0.39, 0.29) is 43.0 Å². The van der Waals surface area contributed by atoms with Crippen LogP contribution in [0.1, 0.15) is 18.2 Å². The summed E-state index contributed by atoms with van der Waals surface area (Å²) in [6, 6.07) is 19.5. The molecule has 0 fully saturated rings. The van der Waals surface area contributed by atoms with Crippen molar-refractivity contribution in [1.29, 1.82) is 5.26 Å². The summed E-state index contributed by atoms with van der Waals surface area (Å²) in [5, 5.41) is 21.0. The fourth-order valence-electron chi connectivity index (χ4n) is 3.16. The van der Waals surface area contributed by atoms with Gasteiger partial charge in [-0.3, -0.25) is 4.98 Å². The van der Waals surface area contributed by atoms with Gasteiger partial charge < -0.3 is 14.7 Å². The van der Waals surface area contributed by atoms with Gasteiger partial charge in [0.05, 0.1) is 10.5 Å². The van der Waals surface area contributed by atoms with Gasteiger partial charge in [0.25, 0.3) is 0 Å². The maximum atomic E-state index is 10.4. The number of aliphatic hydroxyl groups excluding tert-OH is 1. The largest absolute Gasteiger partial charge is 0.489 e. The summed E-state index contributed by atoms with van der Waals surface area (Å²) >= 11 is 6.00. The third-order valence-electron chi connectivity index (χ3n) is 4.93. The van der Waals surface area contributed by atoms with E-state index in [0.29, 0.717) is 17.3 Å². The van der Waals surface area contributed by atoms with Crippen LogP contribution in [0, 0.1) is 11.3 Å². The van der Waals surface area contributed by atoms with Crippen molar-refractivity contribution in [3.63, 3.8) is 0 Å². The van der Waals surface area contributed by atoms with Crippen molar-refractivity contribution in [1.82, 2.24) is 9.88 Å². The zero-order chi connectivity index (χ0) is 20.8. The highest BCUT2D eigenvalue weighted by atomic mass is 35.5. The van der Waals surface area contributed by atoms with Crippen LogP contribution in [0.25, 0.3) is 10.9 Å². The monoisotopic (exact) mass is 481 g/mol. The summed E-state index contributed by atoms with van der Waals surface area (Å²) in [5.74, 6) is 0.384. The van der Waals surface area contributed by atoms with Crippen molar-refractivity contribution in [2.75, 3.05) is 20.2 Å². The number of hydrogen-bond donors (Lipinski definition) is 1. The second kappa shape index (κ2) is 12.7. The molecule has 3 rings (SSSR count). The zero-order valence-electron chi connectivity index (χ0n) is 17.4. The van der Waals surface area contributed by atoms with Gasteiger partial charge in [0.1, 0.15) is 30.1 Å². The number of nitriles is 1. The van der Waals surface area contributed by atoms with Crippen molar-refractivity contribution in [2.24, 2.45) is 0 Å². The van der Waals surface area contributed by atoms with Crippen molar-refractivity contribution < 1.29 is 9.84 Å². The first-order chi connectivity index (χ1) is 14.0. The molecule has 1 heterocycles. The van der Waals surface area contributed by atoms with Gasteiger partial charge in [-0.25, -0.2) is 0 Å². The number of benzene rings is 2. The molecule has 2 atom stereocenters. The first-order valence-corrected chi connectivity index (χ1v) is 9.90. The van der Waals surface area contributed by atoms with Gasteiger partial charge in [-0.1, -0.05) is 41.9 Å². The minimum absolute atomic E-state index is 0. The van der Waals surface area contributed by atoms with Crippen molar-refractivity contribution >= 4 is 47.3 Å². The number of rotatable bonds is 8. The Balaban J connectivity index is 0.00000240. The number of nitrogens with zero attached hydrogens (tertiary/aromatic N) is 3. The van der Waals surface area contributed by atoms with Crippen LogP contribution < -0.4 is 4.74 Å². The molecule has 31 heavy (non-hydrogen) atoms. The van der Waals surface area contributed by atoms with Crippen LogP contribution in [-0.2, 0) is 6.42 Å². The normalized spacial score (nSPS) is 12.4. The minimum atomic E-state index is -0.697. The molecule has 5 nitrogen and oxygen atoms in total. The average molecular weight is 483 g/mol. The number of fused-ring (bicyclic) bond motifs is 1. The summed E-state index contributed by atoms with van der Waals surface area (Å²) in [5.41, 5.74) is 2.29. The highest BCUT2D eigenvalue weighted by Gasteiger charge is 2.17. The van der Waals surface area contributed by atoms with Gasteiger partial charge in [0, 0.05) is 30.1 Å². The highest BCUT2D eigenvalue weighted by molar-refractivity contribution is 6.31. The Morgan fingerprint density at radius 1 is 1.13 bits per heavy atom. The third kappa shape index (κ3) is 7.24. The number of pyridine rings is 1. The van der Waals surface area contributed by atoms with Crippen LogP contribution in [0.4, 0.5) is 0 Å². The molecule has 0 aliphatic rings. The summed E-state index contributed by atoms with van der Waals surface area (Å²) in [6.07, 6.45) is 0.0828. The molecule has 0 spiro atoms. The second-order valence-corrected chi connectivity index (χ2v) is 7.58. The number of halogens is 3. The van der Waals surface area contributed by atoms with E-state index in [4.69, 9.17) is 21.3 Å². The van der Waals surface area contributed by atoms with Gasteiger partial charge in [-0.15, -0.1) is 24.8 Å². The molecule has 0 bridgehead atoms. The van der Waals surface area contributed by atoms with Crippen LogP contribution in [-0.4, -0.2) is 47.3 Å². The molecule has 166 valence electrons. The van der Waals surface area contributed by atoms with Gasteiger partial charge in [-0.2, -0.15) is 5.26 Å². The molecular weight excluding hydrogens is 457 g/mol. The number of aromatic nitrogens is 1. The van der Waals surface area contributed by atoms with E-state index < -0.39 is 6.10 Å². The SMILES string of the molecule is CC(Cc1ccc2ccccc2n1)N(C)C[C@@H](O)COc1cccc(Cl)c1C#N.Cl.Cl. The lowest BCUT2D eigenvalue weighted by atomic mass is 10.1. The van der Waals surface area contributed by atoms with Crippen molar-refractivity contribution in [3.05, 3.63) is 70.9 Å². The fraction of sp³-hybridized carbons (Fsp3) is 0.304. The quantitative estimate of drug-likeness (QED) is 0.494. The molecule has 0 aliphatic carbocycles. The van der Waals surface area contributed by atoms with E-state index >= 15 is 0 Å². The molecule has 2 aromatic carbocycles. The first-order valence-electron chi connectivity index (χ1n) is 9.52. The van der Waals surface area contributed by atoms with Gasteiger partial charge in [-0.05, 0) is 38.2 Å². The molecule has 8 heteroatoms. The first kappa shape index (κ1) is 27.0.